The summed E-state index contributed by atoms with van der Waals surface area (Å²) >= 11 is 0. The molecule has 0 radical (unpaired) electrons. The van der Waals surface area contributed by atoms with Crippen LogP contribution in [0.25, 0.3) is 16.5 Å². The number of allylic oxidation sites excluding steroid dienone is 3. The molecule has 3 rings (SSSR count). The van der Waals surface area contributed by atoms with Crippen molar-refractivity contribution < 1.29 is 0 Å². The summed E-state index contributed by atoms with van der Waals surface area (Å²) in [4.78, 5) is 2.20. The molecule has 0 saturated heterocycles. The third-order valence-corrected chi connectivity index (χ3v) is 3.82. The van der Waals surface area contributed by atoms with Gasteiger partial charge in [-0.25, -0.2) is 0 Å². The minimum absolute atomic E-state index is 0.572. The monoisotopic (exact) mass is 266 g/mol. The second-order valence-electron chi connectivity index (χ2n) is 5.28. The molecular formula is C16H18N4. The molecule has 1 aliphatic rings. The summed E-state index contributed by atoms with van der Waals surface area (Å²) in [5, 5.41) is 16.4. The van der Waals surface area contributed by atoms with Gasteiger partial charge >= 0.3 is 0 Å². The number of rotatable bonds is 2. The Morgan fingerprint density at radius 1 is 1.40 bits per heavy atom. The van der Waals surface area contributed by atoms with Crippen LogP contribution in [-0.2, 0) is 0 Å². The van der Waals surface area contributed by atoms with E-state index in [4.69, 9.17) is 5.41 Å². The van der Waals surface area contributed by atoms with Gasteiger partial charge in [-0.05, 0) is 37.6 Å². The third-order valence-electron chi connectivity index (χ3n) is 3.82. The first-order valence-electron chi connectivity index (χ1n) is 6.70. The highest BCUT2D eigenvalue weighted by Crippen LogP contribution is 2.27. The van der Waals surface area contributed by atoms with Crippen molar-refractivity contribution in [2.24, 2.45) is 0 Å². The molecule has 4 nitrogen and oxygen atoms in total. The fourth-order valence-corrected chi connectivity index (χ4v) is 2.41. The predicted octanol–water partition coefficient (Wildman–Crippen LogP) is 3.18. The zero-order chi connectivity index (χ0) is 14.3. The molecule has 0 saturated carbocycles. The van der Waals surface area contributed by atoms with E-state index in [9.17, 15) is 0 Å². The topological polar surface area (TPSA) is 55.8 Å². The van der Waals surface area contributed by atoms with Crippen molar-refractivity contribution in [3.8, 4) is 0 Å². The highest BCUT2D eigenvalue weighted by molar-refractivity contribution is 6.02. The number of aromatic amines is 1. The standard InChI is InChI=1S/C16H18N4/c1-10-8-13(6-7-20(10)3)16-14-9-12(11(2)17)4-5-15(14)18-19-16/h4-6,8-9,17H,7H2,1-3H3,(H,18,19). The van der Waals surface area contributed by atoms with Crippen LogP contribution in [0.4, 0.5) is 0 Å². The van der Waals surface area contributed by atoms with Crippen molar-refractivity contribution in [3.05, 3.63) is 47.3 Å². The molecule has 102 valence electrons. The van der Waals surface area contributed by atoms with Gasteiger partial charge in [0.05, 0.1) is 11.2 Å². The molecular weight excluding hydrogens is 248 g/mol. The Bertz CT molecular complexity index is 749. The van der Waals surface area contributed by atoms with Crippen LogP contribution < -0.4 is 0 Å². The molecule has 2 heterocycles. The summed E-state index contributed by atoms with van der Waals surface area (Å²) in [5.74, 6) is 0. The van der Waals surface area contributed by atoms with Gasteiger partial charge in [-0.1, -0.05) is 12.1 Å². The summed E-state index contributed by atoms with van der Waals surface area (Å²) in [6, 6.07) is 5.99. The quantitative estimate of drug-likeness (QED) is 0.820. The average Bonchev–Trinajstić information content (AvgIpc) is 2.84. The predicted molar refractivity (Wildman–Crippen MR) is 83.0 cm³/mol. The number of nitrogens with one attached hydrogen (secondary N) is 2. The van der Waals surface area contributed by atoms with Gasteiger partial charge in [0.2, 0.25) is 0 Å². The molecule has 0 unspecified atom stereocenters. The Morgan fingerprint density at radius 3 is 2.90 bits per heavy atom. The van der Waals surface area contributed by atoms with Crippen molar-refractivity contribution in [2.75, 3.05) is 13.6 Å². The molecule has 0 aliphatic carbocycles. The van der Waals surface area contributed by atoms with Crippen LogP contribution in [0.1, 0.15) is 25.1 Å². The molecule has 2 N–H and O–H groups in total. The van der Waals surface area contributed by atoms with E-state index in [2.05, 4.69) is 41.2 Å². The first-order valence-corrected chi connectivity index (χ1v) is 6.70. The van der Waals surface area contributed by atoms with E-state index < -0.39 is 0 Å². The van der Waals surface area contributed by atoms with Gasteiger partial charge in [-0.2, -0.15) is 5.10 Å². The second kappa shape index (κ2) is 4.63. The Balaban J connectivity index is 2.13. The molecule has 1 aromatic carbocycles. The third kappa shape index (κ3) is 2.03. The van der Waals surface area contributed by atoms with Crippen molar-refractivity contribution >= 4 is 22.2 Å². The fourth-order valence-electron chi connectivity index (χ4n) is 2.41. The number of fused-ring (bicyclic) bond motifs is 1. The van der Waals surface area contributed by atoms with E-state index in [0.29, 0.717) is 5.71 Å². The maximum Gasteiger partial charge on any atom is 0.0997 e. The summed E-state index contributed by atoms with van der Waals surface area (Å²) in [5.41, 5.74) is 5.87. The molecule has 2 aromatic rings. The first-order chi connectivity index (χ1) is 9.56. The fraction of sp³-hybridized carbons (Fsp3) is 0.250. The maximum absolute atomic E-state index is 7.77. The maximum atomic E-state index is 7.77. The number of benzene rings is 1. The van der Waals surface area contributed by atoms with Gasteiger partial charge in [-0.15, -0.1) is 0 Å². The van der Waals surface area contributed by atoms with Gasteiger partial charge in [0.1, 0.15) is 0 Å². The highest BCUT2D eigenvalue weighted by atomic mass is 15.1. The lowest BCUT2D eigenvalue weighted by Crippen LogP contribution is -2.19. The van der Waals surface area contributed by atoms with Gasteiger partial charge in [0.15, 0.2) is 0 Å². The molecule has 1 aliphatic heterocycles. The second-order valence-corrected chi connectivity index (χ2v) is 5.28. The van der Waals surface area contributed by atoms with Crippen molar-refractivity contribution in [1.29, 1.82) is 5.41 Å². The van der Waals surface area contributed by atoms with Gasteiger partial charge in [0.25, 0.3) is 0 Å². The van der Waals surface area contributed by atoms with E-state index in [-0.39, 0.29) is 0 Å². The van der Waals surface area contributed by atoms with Gasteiger partial charge in [-0.3, -0.25) is 5.10 Å². The summed E-state index contributed by atoms with van der Waals surface area (Å²) in [6.45, 7) is 4.81. The highest BCUT2D eigenvalue weighted by Gasteiger charge is 2.14. The van der Waals surface area contributed by atoms with Crippen LogP contribution >= 0.6 is 0 Å². The lowest BCUT2D eigenvalue weighted by Gasteiger charge is -2.22. The molecule has 4 heteroatoms. The van der Waals surface area contributed by atoms with Crippen LogP contribution in [0.5, 0.6) is 0 Å². The number of H-pyrrole nitrogens is 1. The first kappa shape index (κ1) is 12.7. The lowest BCUT2D eigenvalue weighted by molar-refractivity contribution is 0.462. The van der Waals surface area contributed by atoms with Crippen molar-refractivity contribution in [1.82, 2.24) is 15.1 Å². The van der Waals surface area contributed by atoms with Crippen LogP contribution in [0, 0.1) is 5.41 Å². The van der Waals surface area contributed by atoms with Crippen molar-refractivity contribution in [3.63, 3.8) is 0 Å². The number of hydrogen-bond donors (Lipinski definition) is 2. The molecule has 20 heavy (non-hydrogen) atoms. The van der Waals surface area contributed by atoms with E-state index >= 15 is 0 Å². The smallest absolute Gasteiger partial charge is 0.0997 e. The van der Waals surface area contributed by atoms with E-state index in [0.717, 1.165) is 34.3 Å². The molecule has 0 amide bonds. The van der Waals surface area contributed by atoms with Crippen LogP contribution in [0.15, 0.2) is 36.0 Å². The Morgan fingerprint density at radius 2 is 2.20 bits per heavy atom. The van der Waals surface area contributed by atoms with Crippen molar-refractivity contribution in [2.45, 2.75) is 13.8 Å². The number of nitrogens with zero attached hydrogens (tertiary/aromatic N) is 2. The van der Waals surface area contributed by atoms with E-state index in [1.54, 1.807) is 6.92 Å². The zero-order valence-corrected chi connectivity index (χ0v) is 12.0. The number of likely N-dealkylation sites (N-methyl/N-ethyl adjacent to an activating group) is 1. The van der Waals surface area contributed by atoms with Gasteiger partial charge in [0, 0.05) is 36.0 Å². The summed E-state index contributed by atoms with van der Waals surface area (Å²) in [7, 11) is 2.08. The molecule has 0 bridgehead atoms. The molecule has 0 atom stereocenters. The minimum Gasteiger partial charge on any atom is -0.374 e. The summed E-state index contributed by atoms with van der Waals surface area (Å²) < 4.78 is 0. The Labute approximate surface area is 118 Å². The number of hydrogen-bond acceptors (Lipinski definition) is 3. The average molecular weight is 266 g/mol. The van der Waals surface area contributed by atoms with Gasteiger partial charge < -0.3 is 10.3 Å². The number of aromatic nitrogens is 2. The van der Waals surface area contributed by atoms with Crippen LogP contribution in [-0.4, -0.2) is 34.4 Å². The van der Waals surface area contributed by atoms with E-state index in [1.807, 2.05) is 18.2 Å². The zero-order valence-electron chi connectivity index (χ0n) is 12.0. The van der Waals surface area contributed by atoms with E-state index in [1.165, 1.54) is 5.70 Å². The SMILES string of the molecule is CC(=N)c1ccc2[nH]nc(C3=CCN(C)C(C)=C3)c2c1. The largest absolute Gasteiger partial charge is 0.374 e. The Hall–Kier alpha value is -2.36. The lowest BCUT2D eigenvalue weighted by atomic mass is 10.0. The molecule has 0 fully saturated rings. The molecule has 0 spiro atoms. The Kier molecular flexibility index (Phi) is 2.93. The summed E-state index contributed by atoms with van der Waals surface area (Å²) in [6.07, 6.45) is 4.34. The normalized spacial score (nSPS) is 15.2. The minimum atomic E-state index is 0.572. The van der Waals surface area contributed by atoms with Crippen LogP contribution in [0.2, 0.25) is 0 Å². The molecule has 1 aromatic heterocycles. The van der Waals surface area contributed by atoms with Crippen LogP contribution in [0.3, 0.4) is 0 Å².